The van der Waals surface area contributed by atoms with Crippen LogP contribution in [0.25, 0.3) is 0 Å². The van der Waals surface area contributed by atoms with Crippen molar-refractivity contribution >= 4 is 0 Å². The lowest BCUT2D eigenvalue weighted by molar-refractivity contribution is 0.270. The van der Waals surface area contributed by atoms with Crippen molar-refractivity contribution in [1.29, 1.82) is 0 Å². The summed E-state index contributed by atoms with van der Waals surface area (Å²) in [5, 5.41) is 9.16. The minimum Gasteiger partial charge on any atom is -0.396 e. The molecule has 1 aromatic rings. The number of hydrogen-bond donors (Lipinski definition) is 1. The van der Waals surface area contributed by atoms with Crippen LogP contribution in [0, 0.1) is 5.92 Å². The molecule has 0 saturated heterocycles. The third-order valence-corrected chi connectivity index (χ3v) is 4.18. The molecule has 0 aliphatic heterocycles. The van der Waals surface area contributed by atoms with Gasteiger partial charge in [0, 0.05) is 6.61 Å². The molecule has 1 nitrogen and oxygen atoms in total. The third kappa shape index (κ3) is 3.10. The molecule has 2 atom stereocenters. The summed E-state index contributed by atoms with van der Waals surface area (Å²) in [6, 6.07) is 9.10. The molecule has 1 saturated carbocycles. The van der Waals surface area contributed by atoms with Gasteiger partial charge in [0.1, 0.15) is 0 Å². The topological polar surface area (TPSA) is 20.2 Å². The van der Waals surface area contributed by atoms with Gasteiger partial charge in [0.25, 0.3) is 0 Å². The highest BCUT2D eigenvalue weighted by molar-refractivity contribution is 5.28. The number of benzene rings is 1. The fourth-order valence-corrected chi connectivity index (χ4v) is 2.62. The fraction of sp³-hybridized carbons (Fsp3) is 0.625. The van der Waals surface area contributed by atoms with E-state index in [9.17, 15) is 0 Å². The minimum absolute atomic E-state index is 0.314. The van der Waals surface area contributed by atoms with Crippen molar-refractivity contribution in [3.05, 3.63) is 35.4 Å². The van der Waals surface area contributed by atoms with Gasteiger partial charge < -0.3 is 5.11 Å². The van der Waals surface area contributed by atoms with Crippen LogP contribution in [0.15, 0.2) is 24.3 Å². The summed E-state index contributed by atoms with van der Waals surface area (Å²) >= 11 is 0. The van der Waals surface area contributed by atoms with Gasteiger partial charge in [-0.15, -0.1) is 0 Å². The van der Waals surface area contributed by atoms with Gasteiger partial charge in [0.2, 0.25) is 0 Å². The predicted molar refractivity (Wildman–Crippen MR) is 72.3 cm³/mol. The normalized spacial score (nSPS) is 19.0. The Hall–Kier alpha value is -0.820. The van der Waals surface area contributed by atoms with Crippen molar-refractivity contribution < 1.29 is 5.11 Å². The third-order valence-electron chi connectivity index (χ3n) is 4.18. The highest BCUT2D eigenvalue weighted by Gasteiger charge is 2.31. The maximum atomic E-state index is 9.16. The molecular weight excluding hydrogens is 208 g/mol. The zero-order valence-corrected chi connectivity index (χ0v) is 11.0. The van der Waals surface area contributed by atoms with E-state index in [-0.39, 0.29) is 0 Å². The Kier molecular flexibility index (Phi) is 4.22. The summed E-state index contributed by atoms with van der Waals surface area (Å²) in [4.78, 5) is 0. The molecule has 0 heterocycles. The van der Waals surface area contributed by atoms with Crippen molar-refractivity contribution in [3.8, 4) is 0 Å². The van der Waals surface area contributed by atoms with E-state index < -0.39 is 0 Å². The predicted octanol–water partition coefficient (Wildman–Crippen LogP) is 4.08. The Morgan fingerprint density at radius 3 is 2.24 bits per heavy atom. The van der Waals surface area contributed by atoms with Crippen LogP contribution in [0.1, 0.15) is 62.5 Å². The lowest BCUT2D eigenvalue weighted by Crippen LogP contribution is -2.04. The van der Waals surface area contributed by atoms with Crippen LogP contribution >= 0.6 is 0 Å². The molecule has 1 aliphatic carbocycles. The Morgan fingerprint density at radius 2 is 1.76 bits per heavy atom. The summed E-state index contributed by atoms with van der Waals surface area (Å²) in [5.41, 5.74) is 2.86. The monoisotopic (exact) mass is 232 g/mol. The summed E-state index contributed by atoms with van der Waals surface area (Å²) in [5.74, 6) is 2.07. The van der Waals surface area contributed by atoms with Gasteiger partial charge in [-0.25, -0.2) is 0 Å². The van der Waals surface area contributed by atoms with E-state index in [4.69, 9.17) is 5.11 Å². The Labute approximate surface area is 105 Å². The molecule has 0 aromatic heterocycles. The first-order chi connectivity index (χ1) is 8.26. The summed E-state index contributed by atoms with van der Waals surface area (Å²) in [6.45, 7) is 4.83. The molecule has 1 heteroatoms. The summed E-state index contributed by atoms with van der Waals surface area (Å²) in [6.07, 6.45) is 4.81. The first-order valence-electron chi connectivity index (χ1n) is 6.97. The van der Waals surface area contributed by atoms with Crippen LogP contribution in [0.2, 0.25) is 0 Å². The second kappa shape index (κ2) is 5.68. The van der Waals surface area contributed by atoms with Crippen LogP contribution in [-0.4, -0.2) is 11.7 Å². The molecule has 2 rings (SSSR count). The van der Waals surface area contributed by atoms with Gasteiger partial charge >= 0.3 is 0 Å². The first kappa shape index (κ1) is 12.6. The summed E-state index contributed by atoms with van der Waals surface area (Å²) < 4.78 is 0. The van der Waals surface area contributed by atoms with Gasteiger partial charge in [-0.1, -0.05) is 38.1 Å². The van der Waals surface area contributed by atoms with Crippen LogP contribution in [-0.2, 0) is 0 Å². The van der Waals surface area contributed by atoms with Crippen molar-refractivity contribution in [1.82, 2.24) is 0 Å². The highest BCUT2D eigenvalue weighted by atomic mass is 16.3. The zero-order valence-electron chi connectivity index (χ0n) is 11.0. The quantitative estimate of drug-likeness (QED) is 0.783. The molecule has 1 N–H and O–H groups in total. The lowest BCUT2D eigenvalue weighted by Gasteiger charge is -2.17. The van der Waals surface area contributed by atoms with Crippen LogP contribution < -0.4 is 0 Å². The summed E-state index contributed by atoms with van der Waals surface area (Å²) in [7, 11) is 0. The molecule has 94 valence electrons. The fourth-order valence-electron chi connectivity index (χ4n) is 2.62. The molecule has 0 spiro atoms. The molecule has 0 bridgehead atoms. The smallest absolute Gasteiger partial charge is 0.0436 e. The molecule has 0 radical (unpaired) electrons. The molecular formula is C16H24O. The van der Waals surface area contributed by atoms with E-state index in [1.54, 1.807) is 0 Å². The number of aliphatic hydroxyl groups is 1. The van der Waals surface area contributed by atoms with E-state index in [0.29, 0.717) is 18.4 Å². The largest absolute Gasteiger partial charge is 0.396 e. The number of hydrogen-bond acceptors (Lipinski definition) is 1. The van der Waals surface area contributed by atoms with Crippen LogP contribution in [0.4, 0.5) is 0 Å². The van der Waals surface area contributed by atoms with Gasteiger partial charge in [0.15, 0.2) is 0 Å². The van der Waals surface area contributed by atoms with Gasteiger partial charge in [-0.2, -0.15) is 0 Å². The van der Waals surface area contributed by atoms with E-state index >= 15 is 0 Å². The SMILES string of the molecule is CCC(C)c1ccc(C(CCO)C2CC2)cc1. The minimum atomic E-state index is 0.314. The average Bonchev–Trinajstić information content (AvgIpc) is 3.19. The van der Waals surface area contributed by atoms with Gasteiger partial charge in [0.05, 0.1) is 0 Å². The van der Waals surface area contributed by atoms with Crippen LogP contribution in [0.3, 0.4) is 0 Å². The Bertz CT molecular complexity index is 337. The maximum absolute atomic E-state index is 9.16. The second-order valence-corrected chi connectivity index (χ2v) is 5.43. The lowest BCUT2D eigenvalue weighted by atomic mass is 9.89. The van der Waals surface area contributed by atoms with Crippen molar-refractivity contribution in [2.45, 2.75) is 51.4 Å². The second-order valence-electron chi connectivity index (χ2n) is 5.43. The molecule has 2 unspecified atom stereocenters. The van der Waals surface area contributed by atoms with Gasteiger partial charge in [-0.05, 0) is 54.6 Å². The molecule has 1 fully saturated rings. The van der Waals surface area contributed by atoms with E-state index in [0.717, 1.165) is 12.3 Å². The Morgan fingerprint density at radius 1 is 1.18 bits per heavy atom. The van der Waals surface area contributed by atoms with Crippen LogP contribution in [0.5, 0.6) is 0 Å². The maximum Gasteiger partial charge on any atom is 0.0436 e. The first-order valence-corrected chi connectivity index (χ1v) is 6.97. The van der Waals surface area contributed by atoms with Crippen molar-refractivity contribution in [3.63, 3.8) is 0 Å². The van der Waals surface area contributed by atoms with E-state index in [1.165, 1.54) is 30.4 Å². The molecule has 1 aliphatic rings. The van der Waals surface area contributed by atoms with Crippen molar-refractivity contribution in [2.24, 2.45) is 5.92 Å². The zero-order chi connectivity index (χ0) is 12.3. The van der Waals surface area contributed by atoms with E-state index in [1.807, 2.05) is 0 Å². The average molecular weight is 232 g/mol. The van der Waals surface area contributed by atoms with Gasteiger partial charge in [-0.3, -0.25) is 0 Å². The Balaban J connectivity index is 2.09. The highest BCUT2D eigenvalue weighted by Crippen LogP contribution is 2.44. The number of aliphatic hydroxyl groups excluding tert-OH is 1. The number of rotatable bonds is 6. The van der Waals surface area contributed by atoms with Crippen molar-refractivity contribution in [2.75, 3.05) is 6.61 Å². The molecule has 17 heavy (non-hydrogen) atoms. The standard InChI is InChI=1S/C16H24O/c1-3-12(2)13-4-6-14(7-5-13)16(10-11-17)15-8-9-15/h4-7,12,15-17H,3,8-11H2,1-2H3. The molecule has 1 aromatic carbocycles. The van der Waals surface area contributed by atoms with E-state index in [2.05, 4.69) is 38.1 Å². The molecule has 0 amide bonds.